The van der Waals surface area contributed by atoms with Gasteiger partial charge in [0.15, 0.2) is 0 Å². The molecule has 0 heterocycles. The Morgan fingerprint density at radius 3 is 2.38 bits per heavy atom. The van der Waals surface area contributed by atoms with E-state index in [4.69, 9.17) is 0 Å². The first kappa shape index (κ1) is 10.8. The molecule has 0 saturated heterocycles. The number of hydrogen-bond donors (Lipinski definition) is 0. The van der Waals surface area contributed by atoms with E-state index in [9.17, 15) is 17.2 Å². The van der Waals surface area contributed by atoms with Crippen LogP contribution in [-0.2, 0) is 14.3 Å². The molecule has 1 aliphatic carbocycles. The topological polar surface area (TPSA) is 43.4 Å². The molecule has 6 heteroatoms. The Labute approximate surface area is 76.2 Å². The fraction of sp³-hybridized carbons (Fsp3) is 1.00. The van der Waals surface area contributed by atoms with Gasteiger partial charge in [-0.15, -0.1) is 0 Å². The van der Waals surface area contributed by atoms with E-state index in [1.54, 1.807) is 0 Å². The number of rotatable bonds is 4. The van der Waals surface area contributed by atoms with E-state index in [0.29, 0.717) is 0 Å². The molecule has 0 atom stereocenters. The van der Waals surface area contributed by atoms with Crippen LogP contribution in [0.4, 0.5) is 8.78 Å². The third-order valence-electron chi connectivity index (χ3n) is 2.01. The van der Waals surface area contributed by atoms with E-state index < -0.39 is 16.0 Å². The van der Waals surface area contributed by atoms with E-state index >= 15 is 0 Å². The molecule has 0 amide bonds. The summed E-state index contributed by atoms with van der Waals surface area (Å²) >= 11 is 0. The molecular formula is C7H12F2O3S. The quantitative estimate of drug-likeness (QED) is 0.664. The van der Waals surface area contributed by atoms with Crippen LogP contribution in [-0.4, -0.2) is 26.7 Å². The molecule has 13 heavy (non-hydrogen) atoms. The second-order valence-corrected chi connectivity index (χ2v) is 5.19. The van der Waals surface area contributed by atoms with Crippen LogP contribution in [0, 0.1) is 5.92 Å². The highest BCUT2D eigenvalue weighted by molar-refractivity contribution is 7.86. The van der Waals surface area contributed by atoms with Gasteiger partial charge in [0.1, 0.15) is 0 Å². The third kappa shape index (κ3) is 3.19. The summed E-state index contributed by atoms with van der Waals surface area (Å²) in [5.74, 6) is -3.03. The molecule has 3 nitrogen and oxygen atoms in total. The minimum absolute atomic E-state index is 0.105. The summed E-state index contributed by atoms with van der Waals surface area (Å²) in [4.78, 5) is 0. The van der Waals surface area contributed by atoms with Crippen LogP contribution in [0.2, 0.25) is 0 Å². The molecule has 0 aromatic heterocycles. The van der Waals surface area contributed by atoms with Crippen molar-refractivity contribution in [3.8, 4) is 0 Å². The highest BCUT2D eigenvalue weighted by atomic mass is 32.2. The lowest BCUT2D eigenvalue weighted by Gasteiger charge is -2.34. The van der Waals surface area contributed by atoms with Gasteiger partial charge < -0.3 is 0 Å². The van der Waals surface area contributed by atoms with Gasteiger partial charge >= 0.3 is 0 Å². The maximum Gasteiger partial charge on any atom is 0.267 e. The molecule has 1 aliphatic rings. The molecule has 0 aliphatic heterocycles. The van der Waals surface area contributed by atoms with E-state index in [2.05, 4.69) is 4.18 Å². The fourth-order valence-electron chi connectivity index (χ4n) is 1.19. The summed E-state index contributed by atoms with van der Waals surface area (Å²) < 4.78 is 50.7. The molecule has 78 valence electrons. The van der Waals surface area contributed by atoms with Gasteiger partial charge in [0.05, 0.1) is 12.4 Å². The summed E-state index contributed by atoms with van der Waals surface area (Å²) in [5, 5.41) is 0. The molecular weight excluding hydrogens is 202 g/mol. The predicted molar refractivity (Wildman–Crippen MR) is 43.1 cm³/mol. The average Bonchev–Trinajstić information content (AvgIpc) is 1.97. The van der Waals surface area contributed by atoms with Gasteiger partial charge in [0.2, 0.25) is 5.92 Å². The van der Waals surface area contributed by atoms with Gasteiger partial charge in [-0.25, -0.2) is 8.78 Å². The van der Waals surface area contributed by atoms with Crippen molar-refractivity contribution < 1.29 is 21.4 Å². The van der Waals surface area contributed by atoms with Gasteiger partial charge in [-0.1, -0.05) is 0 Å². The van der Waals surface area contributed by atoms with Gasteiger partial charge in [0, 0.05) is 12.8 Å². The normalized spacial score (nSPS) is 22.7. The molecule has 0 spiro atoms. The first-order valence-electron chi connectivity index (χ1n) is 4.09. The lowest BCUT2D eigenvalue weighted by atomic mass is 9.82. The lowest BCUT2D eigenvalue weighted by molar-refractivity contribution is -0.118. The second-order valence-electron chi connectivity index (χ2n) is 3.26. The van der Waals surface area contributed by atoms with Gasteiger partial charge in [-0.3, -0.25) is 4.18 Å². The largest absolute Gasteiger partial charge is 0.270 e. The van der Waals surface area contributed by atoms with Crippen LogP contribution in [0.15, 0.2) is 0 Å². The molecule has 0 aromatic rings. The smallest absolute Gasteiger partial charge is 0.267 e. The highest BCUT2D eigenvalue weighted by Gasteiger charge is 2.45. The zero-order chi connectivity index (χ0) is 10.1. The maximum absolute atomic E-state index is 12.3. The van der Waals surface area contributed by atoms with Crippen molar-refractivity contribution in [2.24, 2.45) is 5.92 Å². The molecule has 0 unspecified atom stereocenters. The van der Waals surface area contributed by atoms with Gasteiger partial charge in [-0.2, -0.15) is 8.42 Å². The Kier molecular flexibility index (Phi) is 2.91. The van der Waals surface area contributed by atoms with Crippen LogP contribution >= 0.6 is 0 Å². The summed E-state index contributed by atoms with van der Waals surface area (Å²) in [6, 6.07) is 0. The van der Waals surface area contributed by atoms with Crippen LogP contribution in [0.5, 0.6) is 0 Å². The highest BCUT2D eigenvalue weighted by Crippen LogP contribution is 2.42. The molecule has 0 aromatic carbocycles. The zero-order valence-corrected chi connectivity index (χ0v) is 8.11. The van der Waals surface area contributed by atoms with Crippen LogP contribution in [0.25, 0.3) is 0 Å². The summed E-state index contributed by atoms with van der Waals surface area (Å²) in [7, 11) is -3.47. The minimum atomic E-state index is -3.47. The van der Waals surface area contributed by atoms with Crippen molar-refractivity contribution >= 4 is 10.1 Å². The van der Waals surface area contributed by atoms with Gasteiger partial charge in [-0.05, 0) is 12.8 Å². The van der Waals surface area contributed by atoms with Crippen molar-refractivity contribution in [2.75, 3.05) is 12.4 Å². The fourth-order valence-corrected chi connectivity index (χ4v) is 1.75. The Bertz CT molecular complexity index is 265. The predicted octanol–water partition coefficient (Wildman–Crippen LogP) is 1.40. The van der Waals surface area contributed by atoms with E-state index in [0.717, 1.165) is 0 Å². The van der Waals surface area contributed by atoms with Crippen LogP contribution in [0.3, 0.4) is 0 Å². The lowest BCUT2D eigenvalue weighted by Crippen LogP contribution is -2.38. The molecule has 0 radical (unpaired) electrons. The first-order chi connectivity index (χ1) is 5.85. The van der Waals surface area contributed by atoms with Gasteiger partial charge in [0.25, 0.3) is 10.1 Å². The second kappa shape index (κ2) is 3.49. The van der Waals surface area contributed by atoms with Crippen molar-refractivity contribution in [3.63, 3.8) is 0 Å². The van der Waals surface area contributed by atoms with Crippen molar-refractivity contribution in [2.45, 2.75) is 25.7 Å². The Morgan fingerprint density at radius 1 is 1.46 bits per heavy atom. The van der Waals surface area contributed by atoms with Crippen LogP contribution in [0.1, 0.15) is 19.8 Å². The number of halogens is 2. The molecule has 1 saturated carbocycles. The minimum Gasteiger partial charge on any atom is -0.270 e. The van der Waals surface area contributed by atoms with Crippen molar-refractivity contribution in [1.82, 2.24) is 0 Å². The molecule has 1 fully saturated rings. The molecule has 0 bridgehead atoms. The van der Waals surface area contributed by atoms with E-state index in [1.165, 1.54) is 6.92 Å². The average molecular weight is 214 g/mol. The maximum atomic E-state index is 12.3. The Morgan fingerprint density at radius 2 is 2.00 bits per heavy atom. The molecule has 0 N–H and O–H groups in total. The van der Waals surface area contributed by atoms with Crippen LogP contribution < -0.4 is 0 Å². The van der Waals surface area contributed by atoms with Crippen molar-refractivity contribution in [3.05, 3.63) is 0 Å². The summed E-state index contributed by atoms with van der Waals surface area (Å²) in [6.45, 7) is 1.34. The summed E-state index contributed by atoms with van der Waals surface area (Å²) in [5.41, 5.74) is 0. The Hall–Kier alpha value is -0.230. The number of alkyl halides is 2. The van der Waals surface area contributed by atoms with Crippen molar-refractivity contribution in [1.29, 1.82) is 0 Å². The standard InChI is InChI=1S/C7H12F2O3S/c1-2-13(10,11)12-5-6-3-7(8,9)4-6/h6H,2-5H2,1H3. The SMILES string of the molecule is CCS(=O)(=O)OCC1CC(F)(F)C1. The molecule has 1 rings (SSSR count). The zero-order valence-electron chi connectivity index (χ0n) is 7.29. The monoisotopic (exact) mass is 214 g/mol. The summed E-state index contributed by atoms with van der Waals surface area (Å²) in [6.07, 6.45) is -0.515. The first-order valence-corrected chi connectivity index (χ1v) is 5.67. The number of hydrogen-bond acceptors (Lipinski definition) is 3. The third-order valence-corrected chi connectivity index (χ3v) is 3.21. The van der Waals surface area contributed by atoms with E-state index in [1.807, 2.05) is 0 Å². The Balaban J connectivity index is 2.23. The van der Waals surface area contributed by atoms with E-state index in [-0.39, 0.29) is 31.1 Å².